The zero-order chi connectivity index (χ0) is 8.27. The van der Waals surface area contributed by atoms with Crippen LogP contribution in [0.2, 0.25) is 0 Å². The molecule has 1 aromatic carbocycles. The Kier molecular flexibility index (Phi) is 2.06. The van der Waals surface area contributed by atoms with Crippen LogP contribution in [0.15, 0.2) is 35.6 Å². The van der Waals surface area contributed by atoms with Gasteiger partial charge in [0.05, 0.1) is 0 Å². The molecule has 0 saturated carbocycles. The van der Waals surface area contributed by atoms with E-state index in [1.807, 2.05) is 0 Å². The first-order valence-corrected chi connectivity index (χ1v) is 3.20. The van der Waals surface area contributed by atoms with E-state index in [0.29, 0.717) is 5.56 Å². The van der Waals surface area contributed by atoms with E-state index in [4.69, 9.17) is 0 Å². The van der Waals surface area contributed by atoms with Gasteiger partial charge in [-0.05, 0) is 6.07 Å². The smallest absolute Gasteiger partial charge is 0.220 e. The summed E-state index contributed by atoms with van der Waals surface area (Å²) in [7, 11) is 0. The summed E-state index contributed by atoms with van der Waals surface area (Å²) in [6.45, 7) is 3.46. The van der Waals surface area contributed by atoms with Crippen LogP contribution in [0.1, 0.15) is 5.56 Å². The Morgan fingerprint density at radius 1 is 1.36 bits per heavy atom. The molecule has 0 spiro atoms. The lowest BCUT2D eigenvalue weighted by Gasteiger charge is -1.87. The summed E-state index contributed by atoms with van der Waals surface area (Å²) in [4.78, 5) is 10.9. The van der Waals surface area contributed by atoms with Crippen LogP contribution in [0.3, 0.4) is 0 Å². The summed E-state index contributed by atoms with van der Waals surface area (Å²) in [5, 5.41) is 9.17. The van der Waals surface area contributed by atoms with E-state index < -0.39 is 0 Å². The lowest BCUT2D eigenvalue weighted by atomic mass is 10.2. The van der Waals surface area contributed by atoms with Gasteiger partial charge in [0.1, 0.15) is 0 Å². The molecule has 0 radical (unpaired) electrons. The molecule has 0 amide bonds. The first-order chi connectivity index (χ1) is 5.25. The van der Waals surface area contributed by atoms with Crippen LogP contribution in [0.5, 0.6) is 5.75 Å². The molecule has 0 aliphatic carbocycles. The third-order valence-corrected chi connectivity index (χ3v) is 1.36. The maximum atomic E-state index is 10.9. The van der Waals surface area contributed by atoms with Crippen LogP contribution in [0, 0.1) is 0 Å². The highest BCUT2D eigenvalue weighted by molar-refractivity contribution is 5.53. The maximum Gasteiger partial charge on any atom is 0.220 e. The predicted molar refractivity (Wildman–Crippen MR) is 44.5 cm³/mol. The van der Waals surface area contributed by atoms with Gasteiger partial charge >= 0.3 is 0 Å². The normalized spacial score (nSPS) is 9.09. The van der Waals surface area contributed by atoms with Gasteiger partial charge in [0.15, 0.2) is 5.75 Å². The quantitative estimate of drug-likeness (QED) is 0.653. The molecule has 0 saturated heterocycles. The molecule has 1 N–H and O–H groups in total. The molecule has 0 bridgehead atoms. The van der Waals surface area contributed by atoms with E-state index in [-0.39, 0.29) is 11.2 Å². The van der Waals surface area contributed by atoms with Crippen molar-refractivity contribution in [1.82, 2.24) is 0 Å². The van der Waals surface area contributed by atoms with Crippen molar-refractivity contribution < 1.29 is 5.11 Å². The van der Waals surface area contributed by atoms with Gasteiger partial charge in [-0.15, -0.1) is 0 Å². The Bertz CT molecular complexity index is 329. The van der Waals surface area contributed by atoms with Gasteiger partial charge < -0.3 is 5.11 Å². The van der Waals surface area contributed by atoms with Crippen molar-refractivity contribution in [3.05, 3.63) is 46.6 Å². The second kappa shape index (κ2) is 3.01. The van der Waals surface area contributed by atoms with Crippen molar-refractivity contribution in [2.45, 2.75) is 0 Å². The van der Waals surface area contributed by atoms with E-state index in [9.17, 15) is 9.90 Å². The molecule has 0 aliphatic rings. The van der Waals surface area contributed by atoms with E-state index >= 15 is 0 Å². The summed E-state index contributed by atoms with van der Waals surface area (Å²) in [5.74, 6) is -0.245. The van der Waals surface area contributed by atoms with E-state index in [1.165, 1.54) is 12.1 Å². The summed E-state index contributed by atoms with van der Waals surface area (Å²) in [6.07, 6.45) is 1.44. The Morgan fingerprint density at radius 2 is 2.00 bits per heavy atom. The summed E-state index contributed by atoms with van der Waals surface area (Å²) in [5.41, 5.74) is 0.0740. The number of hydrogen-bond acceptors (Lipinski definition) is 2. The zero-order valence-corrected chi connectivity index (χ0v) is 5.95. The molecule has 0 aromatic heterocycles. The van der Waals surface area contributed by atoms with E-state index in [1.54, 1.807) is 18.2 Å². The minimum atomic E-state index is -0.384. The second-order valence-electron chi connectivity index (χ2n) is 2.09. The largest absolute Gasteiger partial charge is 0.504 e. The van der Waals surface area contributed by atoms with Crippen LogP contribution in [-0.4, -0.2) is 5.11 Å². The third kappa shape index (κ3) is 1.46. The first-order valence-electron chi connectivity index (χ1n) is 3.20. The van der Waals surface area contributed by atoms with Crippen LogP contribution >= 0.6 is 0 Å². The molecular weight excluding hydrogens is 140 g/mol. The van der Waals surface area contributed by atoms with Crippen molar-refractivity contribution in [3.8, 4) is 5.75 Å². The zero-order valence-electron chi connectivity index (χ0n) is 5.95. The molecule has 2 nitrogen and oxygen atoms in total. The molecular formula is C9H8O2. The van der Waals surface area contributed by atoms with Gasteiger partial charge in [-0.2, -0.15) is 0 Å². The Hall–Kier alpha value is -1.57. The molecule has 0 fully saturated rings. The lowest BCUT2D eigenvalue weighted by molar-refractivity contribution is 0.470. The van der Waals surface area contributed by atoms with Crippen molar-refractivity contribution in [3.63, 3.8) is 0 Å². The molecule has 0 unspecified atom stereocenters. The standard InChI is InChI=1S/C9H8O2/c1-2-7-5-3-4-6-8(10)9(7)11/h2-6H,1H2,(H,10,11). The lowest BCUT2D eigenvalue weighted by Crippen LogP contribution is -1.93. The van der Waals surface area contributed by atoms with Crippen molar-refractivity contribution in [2.75, 3.05) is 0 Å². The first kappa shape index (κ1) is 7.54. The van der Waals surface area contributed by atoms with E-state index in [2.05, 4.69) is 6.58 Å². The average molecular weight is 148 g/mol. The summed E-state index contributed by atoms with van der Waals surface area (Å²) in [6, 6.07) is 6.19. The van der Waals surface area contributed by atoms with Crippen molar-refractivity contribution in [1.29, 1.82) is 0 Å². The van der Waals surface area contributed by atoms with Crippen LogP contribution in [-0.2, 0) is 0 Å². The topological polar surface area (TPSA) is 37.3 Å². The number of hydrogen-bond donors (Lipinski definition) is 1. The molecule has 11 heavy (non-hydrogen) atoms. The third-order valence-electron chi connectivity index (χ3n) is 1.36. The van der Waals surface area contributed by atoms with Gasteiger partial charge in [0.2, 0.25) is 5.43 Å². The summed E-state index contributed by atoms with van der Waals surface area (Å²) >= 11 is 0. The number of aromatic hydroxyl groups is 1. The van der Waals surface area contributed by atoms with Crippen LogP contribution in [0.25, 0.3) is 6.08 Å². The van der Waals surface area contributed by atoms with Crippen molar-refractivity contribution in [2.24, 2.45) is 0 Å². The highest BCUT2D eigenvalue weighted by Crippen LogP contribution is 2.09. The highest BCUT2D eigenvalue weighted by atomic mass is 16.3. The molecule has 2 heteroatoms. The Labute approximate surface area is 64.4 Å². The fourth-order valence-electron chi connectivity index (χ4n) is 0.767. The van der Waals surface area contributed by atoms with Gasteiger partial charge in [-0.1, -0.05) is 30.9 Å². The molecule has 1 rings (SSSR count). The second-order valence-corrected chi connectivity index (χ2v) is 2.09. The van der Waals surface area contributed by atoms with E-state index in [0.717, 1.165) is 0 Å². The van der Waals surface area contributed by atoms with Crippen molar-refractivity contribution >= 4 is 6.08 Å². The highest BCUT2D eigenvalue weighted by Gasteiger charge is 1.96. The fraction of sp³-hybridized carbons (Fsp3) is 0. The fourth-order valence-corrected chi connectivity index (χ4v) is 0.767. The molecule has 0 aliphatic heterocycles. The number of rotatable bonds is 1. The average Bonchev–Trinajstić information content (AvgIpc) is 2.16. The Balaban J connectivity index is 3.54. The van der Waals surface area contributed by atoms with Gasteiger partial charge in [0, 0.05) is 5.56 Å². The molecule has 0 atom stereocenters. The SMILES string of the molecule is C=Cc1ccccc(=O)c1O. The van der Waals surface area contributed by atoms with Crippen LogP contribution in [0.4, 0.5) is 0 Å². The summed E-state index contributed by atoms with van der Waals surface area (Å²) < 4.78 is 0. The monoisotopic (exact) mass is 148 g/mol. The predicted octanol–water partition coefficient (Wildman–Crippen LogP) is 1.40. The molecule has 1 aromatic rings. The molecule has 0 heterocycles. The van der Waals surface area contributed by atoms with Crippen LogP contribution < -0.4 is 5.43 Å². The molecule has 56 valence electrons. The van der Waals surface area contributed by atoms with Gasteiger partial charge in [-0.25, -0.2) is 0 Å². The minimum absolute atomic E-state index is 0.245. The van der Waals surface area contributed by atoms with Gasteiger partial charge in [0.25, 0.3) is 0 Å². The minimum Gasteiger partial charge on any atom is -0.504 e. The van der Waals surface area contributed by atoms with Gasteiger partial charge in [-0.3, -0.25) is 4.79 Å². The maximum absolute atomic E-state index is 10.9. The Morgan fingerprint density at radius 3 is 2.64 bits per heavy atom.